The van der Waals surface area contributed by atoms with Crippen LogP contribution in [-0.2, 0) is 6.18 Å². The number of halogens is 3. The van der Waals surface area contributed by atoms with Crippen molar-refractivity contribution in [2.24, 2.45) is 0 Å². The lowest BCUT2D eigenvalue weighted by Crippen LogP contribution is -2.61. The standard InChI is InChI=1S/C15H19F3N4O/c16-15(17,18)10-5-6-19-13(7-10)22-8-12(9-22)21-14(23)20-11-3-1-2-4-11/h5-7,11-12H,1-4,8-9H2,(H2,20,21,23). The van der Waals surface area contributed by atoms with E-state index in [1.807, 2.05) is 0 Å². The first kappa shape index (κ1) is 15.9. The Kier molecular flexibility index (Phi) is 4.32. The maximum Gasteiger partial charge on any atom is 0.416 e. The molecular formula is C15H19F3N4O. The molecule has 1 aromatic heterocycles. The topological polar surface area (TPSA) is 57.3 Å². The highest BCUT2D eigenvalue weighted by Gasteiger charge is 2.34. The minimum absolute atomic E-state index is 0.0623. The monoisotopic (exact) mass is 328 g/mol. The van der Waals surface area contributed by atoms with Gasteiger partial charge in [0.15, 0.2) is 0 Å². The van der Waals surface area contributed by atoms with Crippen molar-refractivity contribution >= 4 is 11.8 Å². The number of nitrogens with zero attached hydrogens (tertiary/aromatic N) is 2. The molecule has 0 unspecified atom stereocenters. The Morgan fingerprint density at radius 1 is 1.17 bits per heavy atom. The van der Waals surface area contributed by atoms with Crippen LogP contribution in [0.1, 0.15) is 31.2 Å². The summed E-state index contributed by atoms with van der Waals surface area (Å²) in [7, 11) is 0. The highest BCUT2D eigenvalue weighted by Crippen LogP contribution is 2.31. The smallest absolute Gasteiger partial charge is 0.352 e. The van der Waals surface area contributed by atoms with E-state index in [-0.39, 0.29) is 23.9 Å². The molecule has 1 saturated carbocycles. The van der Waals surface area contributed by atoms with E-state index in [0.717, 1.165) is 44.0 Å². The second-order valence-electron chi connectivity index (χ2n) is 6.10. The van der Waals surface area contributed by atoms with Crippen LogP contribution in [-0.4, -0.2) is 36.2 Å². The second-order valence-corrected chi connectivity index (χ2v) is 6.10. The Labute approximate surface area is 132 Å². The summed E-state index contributed by atoms with van der Waals surface area (Å²) in [6.07, 6.45) is 1.09. The fourth-order valence-electron chi connectivity index (χ4n) is 3.01. The van der Waals surface area contributed by atoms with Crippen molar-refractivity contribution in [2.45, 2.75) is 43.9 Å². The van der Waals surface area contributed by atoms with E-state index in [9.17, 15) is 18.0 Å². The lowest BCUT2D eigenvalue weighted by Gasteiger charge is -2.40. The molecule has 5 nitrogen and oxygen atoms in total. The molecule has 0 atom stereocenters. The minimum atomic E-state index is -4.37. The summed E-state index contributed by atoms with van der Waals surface area (Å²) in [6, 6.07) is 1.98. The molecule has 3 rings (SSSR count). The highest BCUT2D eigenvalue weighted by atomic mass is 19.4. The third kappa shape index (κ3) is 3.86. The summed E-state index contributed by atoms with van der Waals surface area (Å²) in [5.74, 6) is 0.286. The molecule has 126 valence electrons. The minimum Gasteiger partial charge on any atom is -0.352 e. The Hall–Kier alpha value is -1.99. The quantitative estimate of drug-likeness (QED) is 0.896. The fourth-order valence-corrected chi connectivity index (χ4v) is 3.01. The molecule has 0 bridgehead atoms. The van der Waals surface area contributed by atoms with E-state index in [0.29, 0.717) is 13.1 Å². The van der Waals surface area contributed by atoms with Gasteiger partial charge in [0.05, 0.1) is 11.6 Å². The lowest BCUT2D eigenvalue weighted by molar-refractivity contribution is -0.137. The number of hydrogen-bond acceptors (Lipinski definition) is 3. The van der Waals surface area contributed by atoms with Crippen molar-refractivity contribution in [2.75, 3.05) is 18.0 Å². The number of pyridine rings is 1. The Morgan fingerprint density at radius 3 is 2.48 bits per heavy atom. The van der Waals surface area contributed by atoms with Gasteiger partial charge in [-0.05, 0) is 25.0 Å². The SMILES string of the molecule is O=C(NC1CCCC1)NC1CN(c2cc(C(F)(F)F)ccn2)C1. The van der Waals surface area contributed by atoms with E-state index in [1.165, 1.54) is 0 Å². The van der Waals surface area contributed by atoms with Crippen molar-refractivity contribution < 1.29 is 18.0 Å². The number of rotatable bonds is 3. The number of alkyl halides is 3. The molecule has 0 spiro atoms. The third-order valence-corrected chi connectivity index (χ3v) is 4.30. The number of anilines is 1. The van der Waals surface area contributed by atoms with Crippen LogP contribution in [0.25, 0.3) is 0 Å². The van der Waals surface area contributed by atoms with Crippen molar-refractivity contribution in [3.63, 3.8) is 0 Å². The molecule has 23 heavy (non-hydrogen) atoms. The second kappa shape index (κ2) is 6.25. The van der Waals surface area contributed by atoms with Crippen molar-refractivity contribution in [3.8, 4) is 0 Å². The summed E-state index contributed by atoms with van der Waals surface area (Å²) >= 11 is 0. The molecule has 2 heterocycles. The molecule has 2 N–H and O–H groups in total. The van der Waals surface area contributed by atoms with E-state index in [1.54, 1.807) is 4.90 Å². The molecular weight excluding hydrogens is 309 g/mol. The van der Waals surface area contributed by atoms with E-state index in [2.05, 4.69) is 15.6 Å². The predicted molar refractivity (Wildman–Crippen MR) is 79.2 cm³/mol. The molecule has 2 aliphatic rings. The van der Waals surface area contributed by atoms with Crippen LogP contribution in [0.5, 0.6) is 0 Å². The largest absolute Gasteiger partial charge is 0.416 e. The summed E-state index contributed by atoms with van der Waals surface area (Å²) in [5.41, 5.74) is -0.710. The summed E-state index contributed by atoms with van der Waals surface area (Å²) in [5, 5.41) is 5.77. The Bertz CT molecular complexity index is 566. The number of hydrogen-bond donors (Lipinski definition) is 2. The lowest BCUT2D eigenvalue weighted by atomic mass is 10.1. The zero-order chi connectivity index (χ0) is 16.4. The van der Waals surface area contributed by atoms with Crippen LogP contribution in [0.15, 0.2) is 18.3 Å². The van der Waals surface area contributed by atoms with Crippen LogP contribution < -0.4 is 15.5 Å². The van der Waals surface area contributed by atoms with E-state index < -0.39 is 11.7 Å². The van der Waals surface area contributed by atoms with Gasteiger partial charge in [-0.2, -0.15) is 13.2 Å². The number of urea groups is 1. The number of amides is 2. The molecule has 1 aliphatic carbocycles. The number of carbonyl (C=O) groups is 1. The van der Waals surface area contributed by atoms with Crippen LogP contribution in [0, 0.1) is 0 Å². The molecule has 0 radical (unpaired) electrons. The average molecular weight is 328 g/mol. The van der Waals surface area contributed by atoms with Crippen LogP contribution in [0.3, 0.4) is 0 Å². The predicted octanol–water partition coefficient (Wildman–Crippen LogP) is 2.53. The van der Waals surface area contributed by atoms with Crippen LogP contribution in [0.4, 0.5) is 23.8 Å². The first-order valence-electron chi connectivity index (χ1n) is 7.77. The first-order chi connectivity index (χ1) is 10.9. The molecule has 1 aliphatic heterocycles. The Balaban J connectivity index is 1.48. The van der Waals surface area contributed by atoms with Gasteiger partial charge in [0.2, 0.25) is 0 Å². The first-order valence-corrected chi connectivity index (χ1v) is 7.77. The van der Waals surface area contributed by atoms with E-state index >= 15 is 0 Å². The van der Waals surface area contributed by atoms with Gasteiger partial charge >= 0.3 is 12.2 Å². The van der Waals surface area contributed by atoms with Crippen LogP contribution in [0.2, 0.25) is 0 Å². The van der Waals surface area contributed by atoms with Gasteiger partial charge in [-0.25, -0.2) is 9.78 Å². The normalized spacial score (nSPS) is 19.5. The van der Waals surface area contributed by atoms with Gasteiger partial charge in [0.1, 0.15) is 5.82 Å². The molecule has 8 heteroatoms. The van der Waals surface area contributed by atoms with Gasteiger partial charge in [0, 0.05) is 25.3 Å². The maximum atomic E-state index is 12.7. The van der Waals surface area contributed by atoms with Gasteiger partial charge in [-0.15, -0.1) is 0 Å². The van der Waals surface area contributed by atoms with Gasteiger partial charge in [-0.3, -0.25) is 0 Å². The van der Waals surface area contributed by atoms with Gasteiger partial charge in [-0.1, -0.05) is 12.8 Å². The maximum absolute atomic E-state index is 12.7. The van der Waals surface area contributed by atoms with Crippen LogP contribution >= 0.6 is 0 Å². The molecule has 0 aromatic carbocycles. The number of carbonyl (C=O) groups excluding carboxylic acids is 1. The van der Waals surface area contributed by atoms with Crippen molar-refractivity contribution in [1.82, 2.24) is 15.6 Å². The highest BCUT2D eigenvalue weighted by molar-refractivity contribution is 5.75. The third-order valence-electron chi connectivity index (χ3n) is 4.30. The Morgan fingerprint density at radius 2 is 1.83 bits per heavy atom. The van der Waals surface area contributed by atoms with Gasteiger partial charge < -0.3 is 15.5 Å². The van der Waals surface area contributed by atoms with Gasteiger partial charge in [0.25, 0.3) is 0 Å². The summed E-state index contributed by atoms with van der Waals surface area (Å²) in [6.45, 7) is 0.929. The molecule has 2 amide bonds. The van der Waals surface area contributed by atoms with Crippen molar-refractivity contribution in [3.05, 3.63) is 23.9 Å². The fraction of sp³-hybridized carbons (Fsp3) is 0.600. The summed E-state index contributed by atoms with van der Waals surface area (Å²) < 4.78 is 38.1. The molecule has 1 saturated heterocycles. The zero-order valence-corrected chi connectivity index (χ0v) is 12.6. The number of aromatic nitrogens is 1. The zero-order valence-electron chi connectivity index (χ0n) is 12.6. The van der Waals surface area contributed by atoms with Crippen molar-refractivity contribution in [1.29, 1.82) is 0 Å². The van der Waals surface area contributed by atoms with E-state index in [4.69, 9.17) is 0 Å². The number of nitrogens with one attached hydrogen (secondary N) is 2. The average Bonchev–Trinajstić information content (AvgIpc) is 2.94. The molecule has 2 fully saturated rings. The summed E-state index contributed by atoms with van der Waals surface area (Å²) in [4.78, 5) is 17.5. The molecule has 1 aromatic rings.